The van der Waals surface area contributed by atoms with E-state index < -0.39 is 114 Å². The van der Waals surface area contributed by atoms with Crippen LogP contribution in [0, 0.1) is 5.92 Å². The van der Waals surface area contributed by atoms with E-state index in [-0.39, 0.29) is 53.3 Å². The van der Waals surface area contributed by atoms with Crippen molar-refractivity contribution in [2.24, 2.45) is 48.1 Å². The number of aliphatic hydroxyl groups is 7. The summed E-state index contributed by atoms with van der Waals surface area (Å²) in [6.45, 7) is 39.8. The summed E-state index contributed by atoms with van der Waals surface area (Å²) in [5.74, 6) is 3.73. The van der Waals surface area contributed by atoms with E-state index >= 15 is 0 Å². The molecular weight excluding hydrogens is 1600 g/mol. The van der Waals surface area contributed by atoms with E-state index in [1.54, 1.807) is 81.9 Å². The molecule has 0 aliphatic carbocycles. The molecule has 36 heteroatoms. The van der Waals surface area contributed by atoms with Crippen LogP contribution in [-0.4, -0.2) is 353 Å². The van der Waals surface area contributed by atoms with Crippen LogP contribution in [0.3, 0.4) is 0 Å². The van der Waals surface area contributed by atoms with E-state index in [9.17, 15) is 45.3 Å². The van der Waals surface area contributed by atoms with Gasteiger partial charge in [-0.1, -0.05) is 55.7 Å². The Morgan fingerprint density at radius 3 is 0.991 bits per heavy atom. The molecule has 628 valence electrons. The molecule has 10 aliphatic rings. The largest absolute Gasteiger partial charge is 0.390 e. The highest BCUT2D eigenvalue weighted by molar-refractivity contribution is 9.09. The molecular formula is C76H127BrN15O15P5. The number of aliphatic hydroxyl groups excluding tert-OH is 7. The van der Waals surface area contributed by atoms with Gasteiger partial charge in [-0.05, 0) is 160 Å². The number of ether oxygens (including phenoxy) is 6. The second kappa shape index (κ2) is 40.6. The minimum atomic E-state index is -1.23. The van der Waals surface area contributed by atoms with Crippen LogP contribution >= 0.6 is 50.4 Å². The van der Waals surface area contributed by atoms with Gasteiger partial charge in [0.25, 0.3) is 0 Å². The highest BCUT2D eigenvalue weighted by Gasteiger charge is 2.51. The molecule has 10 heterocycles. The first-order chi connectivity index (χ1) is 51.8. The van der Waals surface area contributed by atoms with Gasteiger partial charge in [0.05, 0.1) is 47.6 Å². The lowest BCUT2D eigenvalue weighted by molar-refractivity contribution is -0.118. The highest BCUT2D eigenvalue weighted by atomic mass is 79.9. The fourth-order valence-corrected chi connectivity index (χ4v) is 18.4. The van der Waals surface area contributed by atoms with Crippen LogP contribution in [0.1, 0.15) is 52.9 Å². The number of alkyl halides is 1. The second-order valence-corrected chi connectivity index (χ2v) is 55.3. The van der Waals surface area contributed by atoms with Crippen LogP contribution in [0.15, 0.2) is 148 Å². The molecule has 15 N–H and O–H groups in total. The van der Waals surface area contributed by atoms with Gasteiger partial charge in [-0.15, -0.1) is 65.9 Å². The third-order valence-corrected chi connectivity index (χ3v) is 27.4. The number of halogens is 1. The number of nitrogens with zero attached hydrogens (tertiary/aromatic N) is 10. The van der Waals surface area contributed by atoms with Crippen molar-refractivity contribution in [3.8, 4) is 0 Å². The second-order valence-electron chi connectivity index (χ2n) is 32.7. The molecule has 0 bridgehead atoms. The zero-order valence-electron chi connectivity index (χ0n) is 67.7. The van der Waals surface area contributed by atoms with Crippen molar-refractivity contribution in [1.29, 1.82) is 0 Å². The Balaban J connectivity index is 0.000000219. The summed E-state index contributed by atoms with van der Waals surface area (Å²) >= 11 is 3.53. The quantitative estimate of drug-likeness (QED) is 0.0550. The molecule has 5 fully saturated rings. The van der Waals surface area contributed by atoms with Crippen LogP contribution in [0.25, 0.3) is 0 Å². The molecule has 10 aliphatic heterocycles. The molecule has 0 saturated carbocycles. The van der Waals surface area contributed by atoms with E-state index in [0.717, 1.165) is 50.1 Å². The van der Waals surface area contributed by atoms with Gasteiger partial charge in [0, 0.05) is 57.9 Å². The number of carbonyl (C=O) groups excluding carboxylic acids is 2. The first-order valence-electron chi connectivity index (χ1n) is 36.9. The lowest BCUT2D eigenvalue weighted by atomic mass is 10.00. The molecule has 0 spiro atoms. The van der Waals surface area contributed by atoms with E-state index in [2.05, 4.69) is 183 Å². The minimum Gasteiger partial charge on any atom is -0.390 e. The van der Waals surface area contributed by atoms with Crippen molar-refractivity contribution in [3.05, 3.63) is 123 Å². The SMILES string of the molecule is C=C1N=C(N)C=CN1C1O[C@H](CCP(=C)(C)C)[C@@H](O)[C@H]1Br.C=C1N=C(N)C=CN1C1O[C@H](CCP(=C)(C)C)[C@@H](O)[C@H]1C.C=C1N=C(N)C=CN1C1O[C@H](CCP(=C)(C)C)[C@@H](O)[C@H]1O.C=C1N=C(NC(C)=O)C=CN1C1O[C@H](CCP(=C)(C)C)[C@@H](O)[C@H]1O.C=C1N=C(NC(C)=O)C=CN1C1O[C@H](CCP(=C)(C)C)[C@@H](O)[C@H]1OC. The number of aliphatic imine (C=N–C) groups is 5. The van der Waals surface area contributed by atoms with Crippen molar-refractivity contribution in [3.63, 3.8) is 0 Å². The maximum Gasteiger partial charge on any atom is 0.222 e. The van der Waals surface area contributed by atoms with Crippen LogP contribution in [0.2, 0.25) is 0 Å². The lowest BCUT2D eigenvalue weighted by Gasteiger charge is -2.32. The number of nitrogens with one attached hydrogen (secondary N) is 2. The van der Waals surface area contributed by atoms with E-state index in [1.165, 1.54) is 13.8 Å². The van der Waals surface area contributed by atoms with Gasteiger partial charge >= 0.3 is 0 Å². The highest BCUT2D eigenvalue weighted by Crippen LogP contribution is 2.45. The standard InChI is InChI=1S/C17H28N3O4P.C16H26N3O4P.C15H26N3O2P.C14H23BrN3O2P.C14H24N3O3P/c1-11-18-14(19-12(2)21)7-9-20(11)17-16(23-3)15(22)13(24-17)8-10-25(4,5)6;1-10-17-13(18-11(2)20)6-8-19(10)16-15(22)14(21)12(23-16)7-9-24(3,4)5;1-10-14(19)12(7-9-21(3,4)5)20-15(10)18-8-6-13(16)17-11(18)2;1-9-17-11(16)5-7-18(9)14-12(15)13(19)10(20-14)6-8-21(2,3)4;1-9-16-11(15)5-7-17(9)14-13(19)12(18)10(20-14)6-8-21(2,3)4/h7,9,13,15-17,22H,1,4,8,10H2,2-3,5-6H3,(H,18,19,21);6,8,12,14-16,21-22H,1,3,7,9H2,2,4-5H3,(H,17,18,20);6,8,10,12,14-15,19H,2-3,7,9H2,1,4-5H3,(H2,16,17);5,7,10,12-14,19H,1-2,6,8H2,3-4H3,(H2,16,17);5,7,10,12-14,18-19H,1-2,6,8H2,3-4H3,(H2,15,16)/t13-,15-,16-,17?;12-,14-,15-,16?;10-,12-,14+,15?;2*10-,12-,13-,14?/m11111/s1. The molecule has 2 amide bonds. The number of methoxy groups -OCH3 is 1. The van der Waals surface area contributed by atoms with E-state index in [1.807, 2.05) is 18.0 Å². The van der Waals surface area contributed by atoms with Gasteiger partial charge in [-0.3, -0.25) is 9.59 Å². The van der Waals surface area contributed by atoms with Crippen molar-refractivity contribution in [2.45, 2.75) is 168 Å². The zero-order valence-corrected chi connectivity index (χ0v) is 73.7. The average Bonchev–Trinajstić information content (AvgIpc) is 1.67. The molecule has 30 nitrogen and oxygen atoms in total. The van der Waals surface area contributed by atoms with Crippen LogP contribution in [0.5, 0.6) is 0 Å². The van der Waals surface area contributed by atoms with Gasteiger partial charge < -0.3 is 117 Å². The maximum absolute atomic E-state index is 11.1. The van der Waals surface area contributed by atoms with Gasteiger partial charge in [0.1, 0.15) is 101 Å². The van der Waals surface area contributed by atoms with Crippen LogP contribution in [0.4, 0.5) is 0 Å². The molecule has 0 aromatic carbocycles. The first kappa shape index (κ1) is 95.4. The van der Waals surface area contributed by atoms with Crippen LogP contribution < -0.4 is 27.8 Å². The summed E-state index contributed by atoms with van der Waals surface area (Å²) < 4.78 is 35.3. The Bertz CT molecular complexity index is 3780. The predicted octanol–water partition coefficient (Wildman–Crippen LogP) is 4.64. The number of rotatable bonds is 21. The molecule has 112 heavy (non-hydrogen) atoms. The number of carbonyl (C=O) groups is 2. The third-order valence-electron chi connectivity index (χ3n) is 19.1. The molecule has 10 rings (SSSR count). The van der Waals surface area contributed by atoms with E-state index in [4.69, 9.17) is 45.6 Å². The Hall–Kier alpha value is -5.45. The van der Waals surface area contributed by atoms with Gasteiger partial charge in [-0.25, -0.2) is 25.0 Å². The van der Waals surface area contributed by atoms with Crippen molar-refractivity contribution in [1.82, 2.24) is 35.1 Å². The Morgan fingerprint density at radius 1 is 0.420 bits per heavy atom. The molecule has 0 radical (unpaired) electrons. The van der Waals surface area contributed by atoms with Crippen molar-refractivity contribution >= 4 is 123 Å². The van der Waals surface area contributed by atoms with Crippen molar-refractivity contribution in [2.75, 3.05) is 105 Å². The van der Waals surface area contributed by atoms with Gasteiger partial charge in [0.2, 0.25) is 11.8 Å². The van der Waals surface area contributed by atoms with Gasteiger partial charge in [0.15, 0.2) is 24.9 Å². The number of hydrogen-bond acceptors (Lipinski definition) is 28. The zero-order chi connectivity index (χ0) is 84.2. The number of hydrogen-bond donors (Lipinski definition) is 12. The Labute approximate surface area is 672 Å². The number of amidine groups is 5. The third kappa shape index (κ3) is 28.2. The summed E-state index contributed by atoms with van der Waals surface area (Å²) in [5.41, 5.74) is 16.9. The first-order valence-corrected chi connectivity index (χ1v) is 53.1. The maximum atomic E-state index is 11.1. The molecule has 0 aromatic rings. The topological polar surface area (TPSA) is 411 Å². The monoisotopic (exact) mass is 1720 g/mol. The van der Waals surface area contributed by atoms with E-state index in [0.29, 0.717) is 71.1 Å². The molecule has 0 aromatic heterocycles. The lowest BCUT2D eigenvalue weighted by Crippen LogP contribution is -2.43. The fraction of sp³-hybridized carbons (Fsp3) is 0.579. The Morgan fingerprint density at radius 2 is 0.679 bits per heavy atom. The minimum absolute atomic E-state index is 0.0165. The fourth-order valence-electron chi connectivity index (χ4n) is 12.9. The molecule has 5 unspecified atom stereocenters. The summed E-state index contributed by atoms with van der Waals surface area (Å²) in [4.78, 5) is 51.3. The van der Waals surface area contributed by atoms with Gasteiger partial charge in [-0.2, -0.15) is 0 Å². The number of nitrogens with two attached hydrogens (primary N) is 3. The summed E-state index contributed by atoms with van der Waals surface area (Å²) in [6.07, 6.45) is 35.8. The summed E-state index contributed by atoms with van der Waals surface area (Å²) in [7, 11) is 1.55. The van der Waals surface area contributed by atoms with Crippen molar-refractivity contribution < 1.29 is 73.8 Å². The summed E-state index contributed by atoms with van der Waals surface area (Å²) in [6, 6.07) is 0. The predicted molar refractivity (Wildman–Crippen MR) is 473 cm³/mol. The van der Waals surface area contributed by atoms with Crippen LogP contribution in [-0.2, 0) is 38.0 Å². The Kier molecular flexibility index (Phi) is 34.6. The average molecular weight is 1730 g/mol. The summed E-state index contributed by atoms with van der Waals surface area (Å²) in [5, 5.41) is 77.5. The number of amides is 2. The normalized spacial score (nSPS) is 32.0. The molecule has 5 saturated heterocycles. The smallest absolute Gasteiger partial charge is 0.222 e. The molecule has 20 atom stereocenters.